The lowest BCUT2D eigenvalue weighted by molar-refractivity contribution is -0.242. The average Bonchev–Trinajstić information content (AvgIpc) is 2.74. The number of aryl methyl sites for hydroxylation is 1. The molecule has 5 nitrogen and oxygen atoms in total. The molecule has 1 aliphatic rings. The number of rotatable bonds is 2. The second-order valence-corrected chi connectivity index (χ2v) is 6.43. The molecule has 1 heterocycles. The Kier molecular flexibility index (Phi) is 4.47. The van der Waals surface area contributed by atoms with Crippen molar-refractivity contribution in [2.45, 2.75) is 32.2 Å². The van der Waals surface area contributed by atoms with Gasteiger partial charge in [-0.2, -0.15) is 13.2 Å². The molecule has 142 valence electrons. The maximum absolute atomic E-state index is 13.0. The number of alkyl halides is 3. The fraction of sp³-hybridized carbons (Fsp3) is 0.263. The van der Waals surface area contributed by atoms with Crippen molar-refractivity contribution >= 4 is 17.4 Å². The fourth-order valence-electron chi connectivity index (χ4n) is 2.72. The first-order chi connectivity index (χ1) is 12.5. The molecule has 0 radical (unpaired) electrons. The summed E-state index contributed by atoms with van der Waals surface area (Å²) in [7, 11) is 0. The van der Waals surface area contributed by atoms with Crippen LogP contribution >= 0.6 is 0 Å². The molecule has 27 heavy (non-hydrogen) atoms. The van der Waals surface area contributed by atoms with E-state index in [1.807, 2.05) is 0 Å². The SMILES string of the molecule is Cc1ccc2c(c1NC(=O)C(C)(O)C(F)(F)F)C(=O)c1ccccc1CO2. The molecular formula is C19H16F3NO4. The third-order valence-electron chi connectivity index (χ3n) is 4.48. The van der Waals surface area contributed by atoms with E-state index in [4.69, 9.17) is 4.74 Å². The molecule has 1 amide bonds. The van der Waals surface area contributed by atoms with Gasteiger partial charge >= 0.3 is 6.18 Å². The van der Waals surface area contributed by atoms with Gasteiger partial charge in [0.2, 0.25) is 5.60 Å². The lowest BCUT2D eigenvalue weighted by atomic mass is 9.95. The highest BCUT2D eigenvalue weighted by Crippen LogP contribution is 2.37. The number of hydrogen-bond donors (Lipinski definition) is 2. The standard InChI is InChI=1S/C19H16F3NO4/c1-10-7-8-13-14(15(10)23-17(25)18(2,26)19(20,21)22)16(24)12-6-4-3-5-11(12)9-27-13/h3-8,26H,9H2,1-2H3,(H,23,25). The van der Waals surface area contributed by atoms with Crippen molar-refractivity contribution < 1.29 is 32.6 Å². The molecule has 3 rings (SSSR count). The molecule has 2 aromatic carbocycles. The van der Waals surface area contributed by atoms with Gasteiger partial charge in [0.15, 0.2) is 5.78 Å². The summed E-state index contributed by atoms with van der Waals surface area (Å²) in [6.07, 6.45) is -5.18. The smallest absolute Gasteiger partial charge is 0.426 e. The van der Waals surface area contributed by atoms with Crippen LogP contribution in [0.5, 0.6) is 5.75 Å². The summed E-state index contributed by atoms with van der Waals surface area (Å²) < 4.78 is 44.5. The van der Waals surface area contributed by atoms with Gasteiger partial charge in [-0.05, 0) is 25.5 Å². The lowest BCUT2D eigenvalue weighted by Gasteiger charge is -2.26. The molecule has 0 bridgehead atoms. The summed E-state index contributed by atoms with van der Waals surface area (Å²) in [6.45, 7) is 1.99. The number of benzene rings is 2. The van der Waals surface area contributed by atoms with Crippen molar-refractivity contribution in [2.24, 2.45) is 0 Å². The van der Waals surface area contributed by atoms with Crippen LogP contribution in [0.15, 0.2) is 36.4 Å². The first-order valence-corrected chi connectivity index (χ1v) is 8.03. The summed E-state index contributed by atoms with van der Waals surface area (Å²) in [6, 6.07) is 9.71. The fourth-order valence-corrected chi connectivity index (χ4v) is 2.72. The zero-order valence-electron chi connectivity index (χ0n) is 14.5. The number of ketones is 1. The van der Waals surface area contributed by atoms with Gasteiger partial charge in [0.25, 0.3) is 5.91 Å². The molecule has 1 atom stereocenters. The Hall–Kier alpha value is -2.87. The van der Waals surface area contributed by atoms with Crippen molar-refractivity contribution in [2.75, 3.05) is 5.32 Å². The van der Waals surface area contributed by atoms with E-state index in [1.54, 1.807) is 24.3 Å². The quantitative estimate of drug-likeness (QED) is 0.839. The highest BCUT2D eigenvalue weighted by molar-refractivity contribution is 6.17. The third kappa shape index (κ3) is 3.16. The minimum Gasteiger partial charge on any atom is -0.488 e. The summed E-state index contributed by atoms with van der Waals surface area (Å²) in [4.78, 5) is 25.1. The van der Waals surface area contributed by atoms with Gasteiger partial charge in [0.05, 0.1) is 11.3 Å². The molecule has 2 N–H and O–H groups in total. The van der Waals surface area contributed by atoms with Gasteiger partial charge < -0.3 is 15.2 Å². The predicted molar refractivity (Wildman–Crippen MR) is 90.7 cm³/mol. The molecule has 0 spiro atoms. The number of hydrogen-bond acceptors (Lipinski definition) is 4. The van der Waals surface area contributed by atoms with Crippen LogP contribution < -0.4 is 10.1 Å². The van der Waals surface area contributed by atoms with E-state index in [9.17, 15) is 27.9 Å². The Morgan fingerprint density at radius 3 is 2.52 bits per heavy atom. The van der Waals surface area contributed by atoms with E-state index in [0.29, 0.717) is 23.6 Å². The predicted octanol–water partition coefficient (Wildman–Crippen LogP) is 3.37. The van der Waals surface area contributed by atoms with Gasteiger partial charge in [-0.25, -0.2) is 0 Å². The van der Waals surface area contributed by atoms with Crippen LogP contribution in [0.1, 0.15) is 34.0 Å². The summed E-state index contributed by atoms with van der Waals surface area (Å²) in [5, 5.41) is 11.7. The Labute approximate surface area is 152 Å². The van der Waals surface area contributed by atoms with E-state index < -0.39 is 23.5 Å². The molecular weight excluding hydrogens is 363 g/mol. The first-order valence-electron chi connectivity index (χ1n) is 8.03. The number of aliphatic hydroxyl groups is 1. The van der Waals surface area contributed by atoms with E-state index >= 15 is 0 Å². The lowest BCUT2D eigenvalue weighted by Crippen LogP contribution is -2.52. The van der Waals surface area contributed by atoms with Gasteiger partial charge in [0, 0.05) is 11.1 Å². The van der Waals surface area contributed by atoms with E-state index in [0.717, 1.165) is 0 Å². The number of carbonyl (C=O) groups is 2. The number of carbonyl (C=O) groups excluding carboxylic acids is 2. The molecule has 0 aromatic heterocycles. The van der Waals surface area contributed by atoms with Crippen LogP contribution in [0, 0.1) is 6.92 Å². The van der Waals surface area contributed by atoms with Crippen molar-refractivity contribution in [3.05, 3.63) is 58.7 Å². The molecule has 0 fully saturated rings. The second kappa shape index (κ2) is 6.38. The maximum Gasteiger partial charge on any atom is 0.426 e. The van der Waals surface area contributed by atoms with Gasteiger partial charge in [-0.15, -0.1) is 0 Å². The Morgan fingerprint density at radius 1 is 1.19 bits per heavy atom. The number of fused-ring (bicyclic) bond motifs is 2. The Morgan fingerprint density at radius 2 is 1.85 bits per heavy atom. The summed E-state index contributed by atoms with van der Waals surface area (Å²) in [5.41, 5.74) is -2.48. The van der Waals surface area contributed by atoms with Gasteiger partial charge in [-0.1, -0.05) is 30.3 Å². The molecule has 0 saturated heterocycles. The molecule has 0 saturated carbocycles. The van der Waals surface area contributed by atoms with E-state index in [1.165, 1.54) is 19.1 Å². The maximum atomic E-state index is 13.0. The Bertz CT molecular complexity index is 935. The second-order valence-electron chi connectivity index (χ2n) is 6.43. The molecule has 1 unspecified atom stereocenters. The molecule has 0 aliphatic carbocycles. The van der Waals surface area contributed by atoms with Crippen molar-refractivity contribution in [1.29, 1.82) is 0 Å². The zero-order valence-corrected chi connectivity index (χ0v) is 14.5. The van der Waals surface area contributed by atoms with Crippen LogP contribution in [0.3, 0.4) is 0 Å². The number of halogens is 3. The Balaban J connectivity index is 2.10. The van der Waals surface area contributed by atoms with Crippen molar-refractivity contribution in [1.82, 2.24) is 0 Å². The summed E-state index contributed by atoms with van der Waals surface area (Å²) >= 11 is 0. The van der Waals surface area contributed by atoms with Crippen LogP contribution in [0.25, 0.3) is 0 Å². The van der Waals surface area contributed by atoms with Crippen molar-refractivity contribution in [3.63, 3.8) is 0 Å². The zero-order chi connectivity index (χ0) is 20.0. The topological polar surface area (TPSA) is 75.6 Å². The third-order valence-corrected chi connectivity index (χ3v) is 4.48. The van der Waals surface area contributed by atoms with E-state index in [2.05, 4.69) is 5.32 Å². The van der Waals surface area contributed by atoms with Crippen LogP contribution in [0.4, 0.5) is 18.9 Å². The molecule has 2 aromatic rings. The number of amides is 1. The first kappa shape index (κ1) is 18.9. The minimum atomic E-state index is -5.18. The normalized spacial score (nSPS) is 15.7. The number of nitrogens with one attached hydrogen (secondary N) is 1. The monoisotopic (exact) mass is 379 g/mol. The van der Waals surface area contributed by atoms with Gasteiger partial charge in [0.1, 0.15) is 12.4 Å². The van der Waals surface area contributed by atoms with Gasteiger partial charge in [-0.3, -0.25) is 9.59 Å². The van der Waals surface area contributed by atoms with Crippen molar-refractivity contribution in [3.8, 4) is 5.75 Å². The molecule has 1 aliphatic heterocycles. The number of anilines is 1. The van der Waals surface area contributed by atoms with E-state index in [-0.39, 0.29) is 23.6 Å². The molecule has 8 heteroatoms. The average molecular weight is 379 g/mol. The highest BCUT2D eigenvalue weighted by Gasteiger charge is 2.56. The largest absolute Gasteiger partial charge is 0.488 e. The summed E-state index contributed by atoms with van der Waals surface area (Å²) in [5.74, 6) is -2.02. The number of ether oxygens (including phenoxy) is 1. The minimum absolute atomic E-state index is 0.0497. The van der Waals surface area contributed by atoms with Crippen LogP contribution in [-0.2, 0) is 11.4 Å². The van der Waals surface area contributed by atoms with Crippen LogP contribution in [-0.4, -0.2) is 28.6 Å². The highest BCUT2D eigenvalue weighted by atomic mass is 19.4. The van der Waals surface area contributed by atoms with Crippen LogP contribution in [0.2, 0.25) is 0 Å².